The molecule has 11 rings (SSSR count). The fourth-order valence-electron chi connectivity index (χ4n) is 7.84. The van der Waals surface area contributed by atoms with Crippen molar-refractivity contribution in [1.82, 2.24) is 19.1 Å². The van der Waals surface area contributed by atoms with Crippen LogP contribution in [-0.2, 0) is 0 Å². The summed E-state index contributed by atoms with van der Waals surface area (Å²) < 4.78 is 11.0. The third-order valence-corrected chi connectivity index (χ3v) is 10.2. The summed E-state index contributed by atoms with van der Waals surface area (Å²) >= 11 is 0. The zero-order valence-corrected chi connectivity index (χ0v) is 27.4. The van der Waals surface area contributed by atoms with Gasteiger partial charge < -0.3 is 8.98 Å². The van der Waals surface area contributed by atoms with Crippen LogP contribution in [0.3, 0.4) is 0 Å². The Bertz CT molecular complexity index is 3040. The molecule has 0 aliphatic rings. The van der Waals surface area contributed by atoms with Crippen LogP contribution in [0.2, 0.25) is 0 Å². The van der Waals surface area contributed by atoms with E-state index in [1.54, 1.807) is 0 Å². The zero-order chi connectivity index (χ0) is 33.5. The molecule has 5 heteroatoms. The molecule has 0 unspecified atom stereocenters. The highest BCUT2D eigenvalue weighted by molar-refractivity contribution is 6.11. The van der Waals surface area contributed by atoms with E-state index in [1.807, 2.05) is 6.07 Å². The average Bonchev–Trinajstić information content (AvgIpc) is 3.85. The van der Waals surface area contributed by atoms with E-state index in [9.17, 15) is 0 Å². The van der Waals surface area contributed by atoms with Crippen LogP contribution in [0.5, 0.6) is 0 Å². The first-order valence-corrected chi connectivity index (χ1v) is 17.2. The summed E-state index contributed by atoms with van der Waals surface area (Å²) in [5.41, 5.74) is 11.0. The number of furan rings is 1. The second kappa shape index (κ2) is 10.8. The van der Waals surface area contributed by atoms with E-state index in [4.69, 9.17) is 14.4 Å². The number of aromatic nitrogens is 4. The van der Waals surface area contributed by atoms with Crippen molar-refractivity contribution in [2.45, 2.75) is 0 Å². The molecule has 0 saturated heterocycles. The summed E-state index contributed by atoms with van der Waals surface area (Å²) in [5, 5.41) is 6.95. The van der Waals surface area contributed by atoms with Crippen molar-refractivity contribution in [3.63, 3.8) is 0 Å². The van der Waals surface area contributed by atoms with Gasteiger partial charge in [0.2, 0.25) is 5.95 Å². The van der Waals surface area contributed by atoms with E-state index >= 15 is 0 Å². The van der Waals surface area contributed by atoms with Crippen molar-refractivity contribution in [3.05, 3.63) is 170 Å². The van der Waals surface area contributed by atoms with Crippen LogP contribution in [0.4, 0.5) is 0 Å². The van der Waals surface area contributed by atoms with Crippen molar-refractivity contribution < 1.29 is 4.42 Å². The molecule has 0 aliphatic carbocycles. The molecule has 5 nitrogen and oxygen atoms in total. The van der Waals surface area contributed by atoms with Crippen molar-refractivity contribution in [3.8, 4) is 34.2 Å². The molecule has 4 aromatic heterocycles. The maximum absolute atomic E-state index is 6.53. The average molecular weight is 653 g/mol. The zero-order valence-electron chi connectivity index (χ0n) is 27.4. The molecule has 0 radical (unpaired) electrons. The van der Waals surface area contributed by atoms with Gasteiger partial charge in [-0.3, -0.25) is 4.57 Å². The first kappa shape index (κ1) is 27.9. The minimum absolute atomic E-state index is 0.636. The molecule has 238 valence electrons. The lowest BCUT2D eigenvalue weighted by atomic mass is 10.0. The van der Waals surface area contributed by atoms with Crippen molar-refractivity contribution in [2.24, 2.45) is 0 Å². The normalized spacial score (nSPS) is 11.9. The number of hydrogen-bond donors (Lipinski definition) is 0. The predicted octanol–water partition coefficient (Wildman–Crippen LogP) is 11.9. The molecule has 0 amide bonds. The SMILES string of the molecule is c1ccc(-c2cc(-c3ccc4oc5cc(-n6c7ccccc7c7ccccc76)ccc5c4c3)nc(-n3c4ccccc4c4ccccc43)n2)cc1. The molecule has 4 heterocycles. The standard InChI is InChI=1S/C46H28N4O/c1-2-12-29(13-3-1)38-28-39(48-46(47-38)50-42-20-10-6-16-34(42)35-17-7-11-21-43(35)50)30-22-25-44-37(26-30)36-24-23-31(27-45(36)51-44)49-40-18-8-4-14-32(40)33-15-5-9-19-41(33)49/h1-28H. The monoisotopic (exact) mass is 652 g/mol. The molecule has 0 bridgehead atoms. The van der Waals surface area contributed by atoms with E-state index in [-0.39, 0.29) is 0 Å². The molecular formula is C46H28N4O. The largest absolute Gasteiger partial charge is 0.456 e. The Labute approximate surface area is 292 Å². The van der Waals surface area contributed by atoms with E-state index in [2.05, 4.69) is 173 Å². The maximum atomic E-state index is 6.53. The second-order valence-corrected chi connectivity index (χ2v) is 13.0. The number of hydrogen-bond acceptors (Lipinski definition) is 3. The Hall–Kier alpha value is -6.98. The van der Waals surface area contributed by atoms with E-state index < -0.39 is 0 Å². The van der Waals surface area contributed by atoms with Gasteiger partial charge in [0.15, 0.2) is 0 Å². The molecule has 11 aromatic rings. The van der Waals surface area contributed by atoms with Gasteiger partial charge in [0.1, 0.15) is 11.2 Å². The van der Waals surface area contributed by atoms with Gasteiger partial charge in [-0.25, -0.2) is 9.97 Å². The number of benzene rings is 7. The van der Waals surface area contributed by atoms with Crippen molar-refractivity contribution in [2.75, 3.05) is 0 Å². The molecule has 0 fully saturated rings. The first-order valence-electron chi connectivity index (χ1n) is 17.2. The third kappa shape index (κ3) is 4.22. The van der Waals surface area contributed by atoms with Gasteiger partial charge in [-0.1, -0.05) is 103 Å². The molecule has 0 atom stereocenters. The summed E-state index contributed by atoms with van der Waals surface area (Å²) in [7, 11) is 0. The van der Waals surface area contributed by atoms with E-state index in [1.165, 1.54) is 32.6 Å². The smallest absolute Gasteiger partial charge is 0.235 e. The van der Waals surface area contributed by atoms with E-state index in [0.717, 1.165) is 61.2 Å². The number of fused-ring (bicyclic) bond motifs is 9. The van der Waals surface area contributed by atoms with Gasteiger partial charge in [0, 0.05) is 55.2 Å². The van der Waals surface area contributed by atoms with Crippen molar-refractivity contribution >= 4 is 65.6 Å². The fourth-order valence-corrected chi connectivity index (χ4v) is 7.84. The molecule has 0 saturated carbocycles. The molecular weight excluding hydrogens is 625 g/mol. The van der Waals surface area contributed by atoms with Crippen LogP contribution in [-0.4, -0.2) is 19.1 Å². The minimum Gasteiger partial charge on any atom is -0.456 e. The van der Waals surface area contributed by atoms with Gasteiger partial charge >= 0.3 is 0 Å². The van der Waals surface area contributed by atoms with Crippen LogP contribution in [0, 0.1) is 0 Å². The predicted molar refractivity (Wildman–Crippen MR) is 209 cm³/mol. The lowest BCUT2D eigenvalue weighted by Gasteiger charge is -2.12. The molecule has 0 N–H and O–H groups in total. The van der Waals surface area contributed by atoms with Crippen LogP contribution in [0.15, 0.2) is 174 Å². The Morgan fingerprint density at radius 1 is 0.353 bits per heavy atom. The van der Waals surface area contributed by atoms with Crippen LogP contribution >= 0.6 is 0 Å². The van der Waals surface area contributed by atoms with Gasteiger partial charge in [0.05, 0.1) is 33.5 Å². The lowest BCUT2D eigenvalue weighted by molar-refractivity contribution is 0.668. The molecule has 0 aliphatic heterocycles. The second-order valence-electron chi connectivity index (χ2n) is 13.0. The van der Waals surface area contributed by atoms with Gasteiger partial charge in [-0.15, -0.1) is 0 Å². The van der Waals surface area contributed by atoms with Gasteiger partial charge in [-0.05, 0) is 60.7 Å². The van der Waals surface area contributed by atoms with Crippen molar-refractivity contribution in [1.29, 1.82) is 0 Å². The molecule has 51 heavy (non-hydrogen) atoms. The third-order valence-electron chi connectivity index (χ3n) is 10.2. The highest BCUT2D eigenvalue weighted by Gasteiger charge is 2.18. The van der Waals surface area contributed by atoms with Gasteiger partial charge in [0.25, 0.3) is 0 Å². The van der Waals surface area contributed by atoms with Gasteiger partial charge in [-0.2, -0.15) is 0 Å². The van der Waals surface area contributed by atoms with Crippen LogP contribution < -0.4 is 0 Å². The lowest BCUT2D eigenvalue weighted by Crippen LogP contribution is -2.03. The highest BCUT2D eigenvalue weighted by atomic mass is 16.3. The Morgan fingerprint density at radius 2 is 0.882 bits per heavy atom. The van der Waals surface area contributed by atoms with E-state index in [0.29, 0.717) is 5.95 Å². The molecule has 7 aromatic carbocycles. The summed E-state index contributed by atoms with van der Waals surface area (Å²) in [6.07, 6.45) is 0. The summed E-state index contributed by atoms with van der Waals surface area (Å²) in [5.74, 6) is 0.636. The summed E-state index contributed by atoms with van der Waals surface area (Å²) in [6, 6.07) is 59.4. The first-order chi connectivity index (χ1) is 25.3. The quantitative estimate of drug-likeness (QED) is 0.190. The topological polar surface area (TPSA) is 48.8 Å². The molecule has 0 spiro atoms. The van der Waals surface area contributed by atoms with Crippen LogP contribution in [0.1, 0.15) is 0 Å². The number of rotatable bonds is 4. The van der Waals surface area contributed by atoms with Crippen LogP contribution in [0.25, 0.3) is 99.7 Å². The Balaban J connectivity index is 1.10. The fraction of sp³-hybridized carbons (Fsp3) is 0. The number of para-hydroxylation sites is 4. The maximum Gasteiger partial charge on any atom is 0.235 e. The highest BCUT2D eigenvalue weighted by Crippen LogP contribution is 2.38. The summed E-state index contributed by atoms with van der Waals surface area (Å²) in [4.78, 5) is 10.4. The summed E-state index contributed by atoms with van der Waals surface area (Å²) in [6.45, 7) is 0. The Morgan fingerprint density at radius 3 is 1.49 bits per heavy atom. The number of nitrogens with zero attached hydrogens (tertiary/aromatic N) is 4. The Kier molecular flexibility index (Phi) is 5.89. The minimum atomic E-state index is 0.636.